The third-order valence-corrected chi connectivity index (χ3v) is 6.29. The first-order valence-corrected chi connectivity index (χ1v) is 12.3. The molecule has 3 N–H and O–H groups in total. The summed E-state index contributed by atoms with van der Waals surface area (Å²) in [4.78, 5) is 25.3. The Labute approximate surface area is 195 Å². The van der Waals surface area contributed by atoms with Crippen molar-refractivity contribution in [3.8, 4) is 0 Å². The average Bonchev–Trinajstić information content (AvgIpc) is 2.70. The van der Waals surface area contributed by atoms with Gasteiger partial charge in [0.2, 0.25) is 5.91 Å². The van der Waals surface area contributed by atoms with Gasteiger partial charge in [0.05, 0.1) is 6.54 Å². The molecule has 2 rings (SSSR count). The lowest BCUT2D eigenvalue weighted by atomic mass is 9.78. The minimum Gasteiger partial charge on any atom is -0.352 e. The van der Waals surface area contributed by atoms with E-state index in [9.17, 15) is 9.59 Å². The number of carbonyl (C=O) groups excluding carboxylic acids is 2. The molecule has 3 unspecified atom stereocenters. The van der Waals surface area contributed by atoms with Crippen LogP contribution in [0.15, 0.2) is 24.3 Å². The third-order valence-electron chi connectivity index (χ3n) is 6.29. The Morgan fingerprint density at radius 3 is 2.41 bits per heavy atom. The highest BCUT2D eigenvalue weighted by Crippen LogP contribution is 2.30. The summed E-state index contributed by atoms with van der Waals surface area (Å²) in [5.41, 5.74) is 1.78. The molecule has 0 radical (unpaired) electrons. The fourth-order valence-corrected chi connectivity index (χ4v) is 4.63. The molecule has 3 atom stereocenters. The lowest BCUT2D eigenvalue weighted by Gasteiger charge is -2.40. The van der Waals surface area contributed by atoms with Crippen LogP contribution in [0, 0.1) is 5.92 Å². The fourth-order valence-electron chi connectivity index (χ4n) is 4.63. The molecule has 0 saturated heterocycles. The quantitative estimate of drug-likeness (QED) is 0.533. The van der Waals surface area contributed by atoms with Crippen LogP contribution in [0.2, 0.25) is 0 Å². The van der Waals surface area contributed by atoms with E-state index in [2.05, 4.69) is 64.4 Å². The maximum absolute atomic E-state index is 12.7. The van der Waals surface area contributed by atoms with Crippen molar-refractivity contribution in [2.45, 2.75) is 110 Å². The third kappa shape index (κ3) is 8.57. The highest BCUT2D eigenvalue weighted by Gasteiger charge is 2.32. The van der Waals surface area contributed by atoms with Crippen molar-refractivity contribution >= 4 is 11.8 Å². The van der Waals surface area contributed by atoms with E-state index in [1.54, 1.807) is 6.07 Å². The maximum atomic E-state index is 12.7. The predicted molar refractivity (Wildman–Crippen MR) is 133 cm³/mol. The van der Waals surface area contributed by atoms with E-state index in [1.165, 1.54) is 6.42 Å². The number of benzene rings is 1. The molecule has 5 heteroatoms. The molecular formula is C27H45N3O2. The van der Waals surface area contributed by atoms with Crippen LogP contribution in [0.3, 0.4) is 0 Å². The number of nitrogens with one attached hydrogen (secondary N) is 3. The summed E-state index contributed by atoms with van der Waals surface area (Å²) in [6, 6.07) is 8.33. The van der Waals surface area contributed by atoms with Gasteiger partial charge in [-0.05, 0) is 75.5 Å². The van der Waals surface area contributed by atoms with Crippen molar-refractivity contribution in [1.29, 1.82) is 0 Å². The second-order valence-electron chi connectivity index (χ2n) is 11.5. The van der Waals surface area contributed by atoms with Gasteiger partial charge in [0.15, 0.2) is 0 Å². The van der Waals surface area contributed by atoms with Gasteiger partial charge in [-0.2, -0.15) is 0 Å². The Hall–Kier alpha value is -1.88. The number of unbranched alkanes of at least 4 members (excludes halogenated alkanes) is 1. The van der Waals surface area contributed by atoms with E-state index in [-0.39, 0.29) is 35.4 Å². The molecular weight excluding hydrogens is 398 g/mol. The minimum absolute atomic E-state index is 0.0131. The summed E-state index contributed by atoms with van der Waals surface area (Å²) >= 11 is 0. The molecule has 1 saturated carbocycles. The summed E-state index contributed by atoms with van der Waals surface area (Å²) in [6.45, 7) is 15.2. The van der Waals surface area contributed by atoms with Crippen molar-refractivity contribution in [3.05, 3.63) is 35.4 Å². The van der Waals surface area contributed by atoms with Crippen LogP contribution in [0.4, 0.5) is 0 Å². The smallest absolute Gasteiger partial charge is 0.251 e. The first kappa shape index (κ1) is 26.4. The first-order chi connectivity index (χ1) is 14.9. The molecule has 1 fully saturated rings. The highest BCUT2D eigenvalue weighted by atomic mass is 16.2. The molecule has 180 valence electrons. The zero-order valence-corrected chi connectivity index (χ0v) is 21.3. The molecule has 1 aliphatic rings. The Kier molecular flexibility index (Phi) is 9.32. The van der Waals surface area contributed by atoms with Gasteiger partial charge in [-0.15, -0.1) is 0 Å². The van der Waals surface area contributed by atoms with Crippen molar-refractivity contribution in [1.82, 2.24) is 16.0 Å². The van der Waals surface area contributed by atoms with Crippen LogP contribution in [-0.4, -0.2) is 36.0 Å². The van der Waals surface area contributed by atoms with E-state index < -0.39 is 0 Å². The van der Waals surface area contributed by atoms with Crippen LogP contribution < -0.4 is 16.0 Å². The van der Waals surface area contributed by atoms with E-state index in [0.29, 0.717) is 17.5 Å². The van der Waals surface area contributed by atoms with Gasteiger partial charge in [0, 0.05) is 23.2 Å². The van der Waals surface area contributed by atoms with Gasteiger partial charge in [0.25, 0.3) is 5.91 Å². The molecule has 5 nitrogen and oxygen atoms in total. The molecule has 1 aromatic carbocycles. The molecule has 0 aliphatic heterocycles. The number of carbonyl (C=O) groups is 2. The highest BCUT2D eigenvalue weighted by molar-refractivity contribution is 5.96. The standard InChI is InChI=1S/C27H45N3O2/c1-8-9-11-19-17-22(30-27(5,6)7)14-15-23(19)29-24(31)18-28-25(32)20-12-10-13-21(16-20)26(2,3)4/h10,12-13,16,19,22-23,30H,8-9,11,14-15,17-18H2,1-7H3,(H,28,32)(H,29,31). The number of rotatable bonds is 8. The summed E-state index contributed by atoms with van der Waals surface area (Å²) < 4.78 is 0. The zero-order valence-electron chi connectivity index (χ0n) is 21.3. The lowest BCUT2D eigenvalue weighted by molar-refractivity contribution is -0.121. The van der Waals surface area contributed by atoms with E-state index in [4.69, 9.17) is 0 Å². The normalized spacial score (nSPS) is 21.8. The number of amides is 2. The van der Waals surface area contributed by atoms with E-state index in [0.717, 1.165) is 37.7 Å². The summed E-state index contributed by atoms with van der Waals surface area (Å²) in [7, 11) is 0. The number of hydrogen-bond acceptors (Lipinski definition) is 3. The van der Waals surface area contributed by atoms with Gasteiger partial charge in [-0.3, -0.25) is 9.59 Å². The Morgan fingerprint density at radius 2 is 1.78 bits per heavy atom. The molecule has 0 aromatic heterocycles. The molecule has 0 heterocycles. The van der Waals surface area contributed by atoms with Crippen LogP contribution >= 0.6 is 0 Å². The molecule has 0 bridgehead atoms. The van der Waals surface area contributed by atoms with Gasteiger partial charge < -0.3 is 16.0 Å². The molecule has 32 heavy (non-hydrogen) atoms. The molecule has 2 amide bonds. The van der Waals surface area contributed by atoms with Crippen LogP contribution in [0.1, 0.15) is 103 Å². The van der Waals surface area contributed by atoms with Crippen LogP contribution in [0.5, 0.6) is 0 Å². The van der Waals surface area contributed by atoms with Gasteiger partial charge in [-0.25, -0.2) is 0 Å². The second-order valence-corrected chi connectivity index (χ2v) is 11.5. The zero-order chi connectivity index (χ0) is 23.9. The van der Waals surface area contributed by atoms with E-state index in [1.807, 2.05) is 18.2 Å². The monoisotopic (exact) mass is 443 g/mol. The molecule has 0 spiro atoms. The van der Waals surface area contributed by atoms with E-state index >= 15 is 0 Å². The SMILES string of the molecule is CCCCC1CC(NC(C)(C)C)CCC1NC(=O)CNC(=O)c1cccc(C(C)(C)C)c1. The lowest BCUT2D eigenvalue weighted by Crippen LogP contribution is -2.52. The van der Waals surface area contributed by atoms with Crippen molar-refractivity contribution in [2.75, 3.05) is 6.54 Å². The van der Waals surface area contributed by atoms with Crippen LogP contribution in [-0.2, 0) is 10.2 Å². The predicted octanol–water partition coefficient (Wildman–Crippen LogP) is 4.95. The minimum atomic E-state index is -0.202. The Balaban J connectivity index is 1.91. The van der Waals surface area contributed by atoms with Crippen molar-refractivity contribution in [3.63, 3.8) is 0 Å². The summed E-state index contributed by atoms with van der Waals surface area (Å²) in [5.74, 6) is 0.178. The number of hydrogen-bond donors (Lipinski definition) is 3. The Bertz CT molecular complexity index is 761. The second kappa shape index (κ2) is 11.3. The summed E-state index contributed by atoms with van der Waals surface area (Å²) in [5, 5.41) is 9.77. The van der Waals surface area contributed by atoms with Gasteiger partial charge in [-0.1, -0.05) is 52.7 Å². The summed E-state index contributed by atoms with van der Waals surface area (Å²) in [6.07, 6.45) is 6.62. The first-order valence-electron chi connectivity index (χ1n) is 12.3. The van der Waals surface area contributed by atoms with Gasteiger partial charge in [0.1, 0.15) is 0 Å². The van der Waals surface area contributed by atoms with Crippen molar-refractivity contribution < 1.29 is 9.59 Å². The van der Waals surface area contributed by atoms with Crippen LogP contribution in [0.25, 0.3) is 0 Å². The average molecular weight is 444 g/mol. The molecule has 1 aliphatic carbocycles. The maximum Gasteiger partial charge on any atom is 0.251 e. The van der Waals surface area contributed by atoms with Gasteiger partial charge >= 0.3 is 0 Å². The molecule has 1 aromatic rings. The topological polar surface area (TPSA) is 70.2 Å². The largest absolute Gasteiger partial charge is 0.352 e. The van der Waals surface area contributed by atoms with Crippen molar-refractivity contribution in [2.24, 2.45) is 5.92 Å². The fraction of sp³-hybridized carbons (Fsp3) is 0.704. The Morgan fingerprint density at radius 1 is 1.06 bits per heavy atom.